The largest absolute Gasteiger partial charge is 0.493 e. The minimum absolute atomic E-state index is 0.0190. The number of benzene rings is 1. The number of aromatic nitrogens is 1. The zero-order chi connectivity index (χ0) is 14.2. The van der Waals surface area contributed by atoms with Crippen LogP contribution in [0.5, 0.6) is 5.75 Å². The highest BCUT2D eigenvalue weighted by Gasteiger charge is 2.02. The number of nitrogens with zero attached hydrogens (tertiary/aromatic N) is 1. The van der Waals surface area contributed by atoms with Gasteiger partial charge in [0.15, 0.2) is 0 Å². The van der Waals surface area contributed by atoms with E-state index < -0.39 is 0 Å². The van der Waals surface area contributed by atoms with Gasteiger partial charge in [-0.15, -0.1) is 0 Å². The van der Waals surface area contributed by atoms with Gasteiger partial charge in [0.2, 0.25) is 5.91 Å². The van der Waals surface area contributed by atoms with E-state index in [1.165, 1.54) is 0 Å². The minimum atomic E-state index is -0.0190. The van der Waals surface area contributed by atoms with Crippen LogP contribution in [-0.2, 0) is 11.3 Å². The van der Waals surface area contributed by atoms with Gasteiger partial charge in [-0.1, -0.05) is 12.1 Å². The van der Waals surface area contributed by atoms with Crippen LogP contribution in [-0.4, -0.2) is 17.5 Å². The highest BCUT2D eigenvalue weighted by Crippen LogP contribution is 2.12. The van der Waals surface area contributed by atoms with Crippen LogP contribution in [0.4, 0.5) is 0 Å². The van der Waals surface area contributed by atoms with Gasteiger partial charge in [-0.05, 0) is 42.3 Å². The second kappa shape index (κ2) is 7.28. The van der Waals surface area contributed by atoms with Crippen molar-refractivity contribution in [3.8, 4) is 5.75 Å². The summed E-state index contributed by atoms with van der Waals surface area (Å²) < 4.78 is 5.54. The van der Waals surface area contributed by atoms with Crippen molar-refractivity contribution in [1.82, 2.24) is 10.3 Å². The number of hydrogen-bond acceptors (Lipinski definition) is 3. The molecule has 104 valence electrons. The molecule has 4 nitrogen and oxygen atoms in total. The molecular weight excluding hydrogens is 252 g/mol. The van der Waals surface area contributed by atoms with E-state index in [1.54, 1.807) is 12.4 Å². The molecule has 0 fully saturated rings. The Morgan fingerprint density at radius 2 is 2.05 bits per heavy atom. The molecule has 1 heterocycles. The molecule has 2 rings (SSSR count). The molecule has 0 radical (unpaired) electrons. The third-order valence-electron chi connectivity index (χ3n) is 2.83. The first-order valence-electron chi connectivity index (χ1n) is 6.59. The molecule has 0 spiro atoms. The number of amides is 1. The summed E-state index contributed by atoms with van der Waals surface area (Å²) in [4.78, 5) is 15.6. The maximum Gasteiger partial charge on any atom is 0.223 e. The number of hydrogen-bond donors (Lipinski definition) is 1. The fraction of sp³-hybridized carbons (Fsp3) is 0.250. The maximum absolute atomic E-state index is 11.7. The molecule has 1 aromatic carbocycles. The Kier molecular flexibility index (Phi) is 5.12. The number of aryl methyl sites for hydroxylation is 1. The number of rotatable bonds is 6. The van der Waals surface area contributed by atoms with Crippen molar-refractivity contribution < 1.29 is 9.53 Å². The normalized spacial score (nSPS) is 10.1. The zero-order valence-corrected chi connectivity index (χ0v) is 11.5. The van der Waals surface area contributed by atoms with Crippen molar-refractivity contribution in [3.63, 3.8) is 0 Å². The molecule has 0 aliphatic heterocycles. The summed E-state index contributed by atoms with van der Waals surface area (Å²) in [5.41, 5.74) is 2.18. The fourth-order valence-electron chi connectivity index (χ4n) is 1.76. The molecule has 0 aliphatic rings. The van der Waals surface area contributed by atoms with Crippen molar-refractivity contribution in [2.75, 3.05) is 6.61 Å². The smallest absolute Gasteiger partial charge is 0.223 e. The second-order valence-electron chi connectivity index (χ2n) is 4.55. The molecule has 20 heavy (non-hydrogen) atoms. The Morgan fingerprint density at radius 1 is 1.25 bits per heavy atom. The Morgan fingerprint density at radius 3 is 2.80 bits per heavy atom. The van der Waals surface area contributed by atoms with Crippen LogP contribution in [0.1, 0.15) is 17.5 Å². The van der Waals surface area contributed by atoms with E-state index in [1.807, 2.05) is 43.3 Å². The van der Waals surface area contributed by atoms with E-state index >= 15 is 0 Å². The van der Waals surface area contributed by atoms with Gasteiger partial charge in [0, 0.05) is 18.9 Å². The number of pyridine rings is 1. The quantitative estimate of drug-likeness (QED) is 0.877. The van der Waals surface area contributed by atoms with E-state index in [0.717, 1.165) is 16.9 Å². The molecule has 0 aliphatic carbocycles. The maximum atomic E-state index is 11.7. The lowest BCUT2D eigenvalue weighted by molar-refractivity contribution is -0.121. The summed E-state index contributed by atoms with van der Waals surface area (Å²) in [5, 5.41) is 2.85. The fourth-order valence-corrected chi connectivity index (χ4v) is 1.76. The van der Waals surface area contributed by atoms with Gasteiger partial charge in [-0.3, -0.25) is 9.78 Å². The molecule has 0 saturated heterocycles. The van der Waals surface area contributed by atoms with E-state index in [4.69, 9.17) is 4.74 Å². The van der Waals surface area contributed by atoms with Crippen LogP contribution >= 0.6 is 0 Å². The molecule has 0 saturated carbocycles. The highest BCUT2D eigenvalue weighted by molar-refractivity contribution is 5.75. The standard InChI is InChI=1S/C16H18N2O2/c1-13-3-2-4-15(11-13)20-10-7-16(19)18-12-14-5-8-17-9-6-14/h2-6,8-9,11H,7,10,12H2,1H3,(H,18,19). The van der Waals surface area contributed by atoms with Crippen LogP contribution in [0.15, 0.2) is 48.8 Å². The summed E-state index contributed by atoms with van der Waals surface area (Å²) in [5.74, 6) is 0.779. The van der Waals surface area contributed by atoms with E-state index in [-0.39, 0.29) is 5.91 Å². The Hall–Kier alpha value is -2.36. The monoisotopic (exact) mass is 270 g/mol. The predicted molar refractivity (Wildman–Crippen MR) is 77.4 cm³/mol. The molecule has 0 bridgehead atoms. The predicted octanol–water partition coefficient (Wildman–Crippen LogP) is 2.48. The topological polar surface area (TPSA) is 51.2 Å². The molecular formula is C16H18N2O2. The van der Waals surface area contributed by atoms with Gasteiger partial charge >= 0.3 is 0 Å². The van der Waals surface area contributed by atoms with Gasteiger partial charge in [0.25, 0.3) is 0 Å². The molecule has 4 heteroatoms. The van der Waals surface area contributed by atoms with Gasteiger partial charge in [0.1, 0.15) is 5.75 Å². The third-order valence-corrected chi connectivity index (χ3v) is 2.83. The molecule has 0 atom stereocenters. The molecule has 2 aromatic rings. The summed E-state index contributed by atoms with van der Waals surface area (Å²) >= 11 is 0. The molecule has 0 unspecified atom stereocenters. The van der Waals surface area contributed by atoms with Gasteiger partial charge in [-0.2, -0.15) is 0 Å². The molecule has 1 aromatic heterocycles. The van der Waals surface area contributed by atoms with Crippen LogP contribution in [0, 0.1) is 6.92 Å². The van der Waals surface area contributed by atoms with Crippen molar-refractivity contribution in [3.05, 3.63) is 59.9 Å². The van der Waals surface area contributed by atoms with Gasteiger partial charge in [0.05, 0.1) is 13.0 Å². The van der Waals surface area contributed by atoms with E-state index in [0.29, 0.717) is 19.6 Å². The number of carbonyl (C=O) groups is 1. The SMILES string of the molecule is Cc1cccc(OCCC(=O)NCc2ccncc2)c1. The average Bonchev–Trinajstić information content (AvgIpc) is 2.46. The third kappa shape index (κ3) is 4.72. The number of nitrogens with one attached hydrogen (secondary N) is 1. The Balaban J connectivity index is 1.68. The van der Waals surface area contributed by atoms with Crippen LogP contribution in [0.25, 0.3) is 0 Å². The second-order valence-corrected chi connectivity index (χ2v) is 4.55. The molecule has 1 amide bonds. The summed E-state index contributed by atoms with van der Waals surface area (Å²) in [7, 11) is 0. The lowest BCUT2D eigenvalue weighted by Gasteiger charge is -2.07. The average molecular weight is 270 g/mol. The van der Waals surface area contributed by atoms with Gasteiger partial charge < -0.3 is 10.1 Å². The Labute approximate surface area is 118 Å². The minimum Gasteiger partial charge on any atom is -0.493 e. The lowest BCUT2D eigenvalue weighted by Crippen LogP contribution is -2.24. The first-order valence-corrected chi connectivity index (χ1v) is 6.59. The first-order chi connectivity index (χ1) is 9.74. The van der Waals surface area contributed by atoms with E-state index in [2.05, 4.69) is 10.3 Å². The summed E-state index contributed by atoms with van der Waals surface area (Å²) in [6, 6.07) is 11.5. The zero-order valence-electron chi connectivity index (χ0n) is 11.5. The number of ether oxygens (including phenoxy) is 1. The lowest BCUT2D eigenvalue weighted by atomic mass is 10.2. The van der Waals surface area contributed by atoms with Crippen LogP contribution < -0.4 is 10.1 Å². The van der Waals surface area contributed by atoms with Crippen LogP contribution in [0.3, 0.4) is 0 Å². The van der Waals surface area contributed by atoms with Crippen molar-refractivity contribution >= 4 is 5.91 Å². The first kappa shape index (κ1) is 14.1. The van der Waals surface area contributed by atoms with Gasteiger partial charge in [-0.25, -0.2) is 0 Å². The highest BCUT2D eigenvalue weighted by atomic mass is 16.5. The Bertz CT molecular complexity index is 555. The van der Waals surface area contributed by atoms with Crippen molar-refractivity contribution in [1.29, 1.82) is 0 Å². The number of carbonyl (C=O) groups excluding carboxylic acids is 1. The van der Waals surface area contributed by atoms with Crippen molar-refractivity contribution in [2.24, 2.45) is 0 Å². The van der Waals surface area contributed by atoms with E-state index in [9.17, 15) is 4.79 Å². The summed E-state index contributed by atoms with van der Waals surface area (Å²) in [6.07, 6.45) is 3.77. The van der Waals surface area contributed by atoms with Crippen molar-refractivity contribution in [2.45, 2.75) is 19.9 Å². The molecule has 1 N–H and O–H groups in total. The summed E-state index contributed by atoms with van der Waals surface area (Å²) in [6.45, 7) is 2.91. The van der Waals surface area contributed by atoms with Crippen LogP contribution in [0.2, 0.25) is 0 Å².